The lowest BCUT2D eigenvalue weighted by molar-refractivity contribution is 0.346. The SMILES string of the molecule is N#Cc1ccccc1S(=O)(=O)N1CCCCC1. The Balaban J connectivity index is 2.41. The summed E-state index contributed by atoms with van der Waals surface area (Å²) in [6, 6.07) is 8.30. The van der Waals surface area contributed by atoms with Crippen molar-refractivity contribution in [1.82, 2.24) is 4.31 Å². The van der Waals surface area contributed by atoms with E-state index in [1.807, 2.05) is 6.07 Å². The second-order valence-electron chi connectivity index (χ2n) is 4.07. The van der Waals surface area contributed by atoms with Crippen LogP contribution in [-0.2, 0) is 10.0 Å². The van der Waals surface area contributed by atoms with Crippen LogP contribution in [0.2, 0.25) is 0 Å². The molecule has 0 atom stereocenters. The predicted molar refractivity (Wildman–Crippen MR) is 63.8 cm³/mol. The van der Waals surface area contributed by atoms with Crippen LogP contribution in [-0.4, -0.2) is 25.8 Å². The van der Waals surface area contributed by atoms with E-state index in [-0.39, 0.29) is 10.5 Å². The summed E-state index contributed by atoms with van der Waals surface area (Å²) >= 11 is 0. The standard InChI is InChI=1S/C12H14N2O2S/c13-10-11-6-2-3-7-12(11)17(15,16)14-8-4-1-5-9-14/h2-3,6-7H,1,4-5,8-9H2. The molecule has 0 bridgehead atoms. The number of hydrogen-bond donors (Lipinski definition) is 0. The third-order valence-electron chi connectivity index (χ3n) is 2.94. The molecule has 90 valence electrons. The van der Waals surface area contributed by atoms with Gasteiger partial charge in [-0.15, -0.1) is 0 Å². The van der Waals surface area contributed by atoms with E-state index < -0.39 is 10.0 Å². The molecule has 0 spiro atoms. The van der Waals surface area contributed by atoms with Gasteiger partial charge in [0.25, 0.3) is 0 Å². The third-order valence-corrected chi connectivity index (χ3v) is 4.90. The van der Waals surface area contributed by atoms with Gasteiger partial charge in [-0.2, -0.15) is 9.57 Å². The Hall–Kier alpha value is -1.38. The van der Waals surface area contributed by atoms with Gasteiger partial charge in [-0.3, -0.25) is 0 Å². The quantitative estimate of drug-likeness (QED) is 0.803. The molecule has 0 aromatic heterocycles. The zero-order valence-corrected chi connectivity index (χ0v) is 10.3. The molecular formula is C12H14N2O2S. The van der Waals surface area contributed by atoms with Crippen molar-refractivity contribution in [2.24, 2.45) is 0 Å². The lowest BCUT2D eigenvalue weighted by Gasteiger charge is -2.26. The Morgan fingerprint density at radius 2 is 1.76 bits per heavy atom. The van der Waals surface area contributed by atoms with Crippen molar-refractivity contribution >= 4 is 10.0 Å². The first-order valence-corrected chi connectivity index (χ1v) is 7.09. The third kappa shape index (κ3) is 2.33. The Labute approximate surface area is 102 Å². The van der Waals surface area contributed by atoms with Crippen molar-refractivity contribution in [3.8, 4) is 6.07 Å². The first-order chi connectivity index (χ1) is 8.16. The number of rotatable bonds is 2. The number of benzene rings is 1. The molecule has 0 N–H and O–H groups in total. The minimum absolute atomic E-state index is 0.129. The number of piperidine rings is 1. The molecule has 0 saturated carbocycles. The second kappa shape index (κ2) is 4.86. The van der Waals surface area contributed by atoms with Gasteiger partial charge in [0.15, 0.2) is 0 Å². The van der Waals surface area contributed by atoms with Gasteiger partial charge in [0.1, 0.15) is 6.07 Å². The van der Waals surface area contributed by atoms with E-state index in [1.54, 1.807) is 12.1 Å². The first-order valence-electron chi connectivity index (χ1n) is 5.65. The highest BCUT2D eigenvalue weighted by Gasteiger charge is 2.27. The molecule has 0 radical (unpaired) electrons. The topological polar surface area (TPSA) is 61.2 Å². The van der Waals surface area contributed by atoms with E-state index >= 15 is 0 Å². The van der Waals surface area contributed by atoms with Gasteiger partial charge in [0.05, 0.1) is 10.5 Å². The van der Waals surface area contributed by atoms with Gasteiger partial charge < -0.3 is 0 Å². The minimum Gasteiger partial charge on any atom is -0.207 e. The molecule has 1 fully saturated rings. The van der Waals surface area contributed by atoms with Crippen molar-refractivity contribution < 1.29 is 8.42 Å². The number of hydrogen-bond acceptors (Lipinski definition) is 3. The Morgan fingerprint density at radius 3 is 2.41 bits per heavy atom. The molecule has 1 aromatic carbocycles. The van der Waals surface area contributed by atoms with E-state index in [0.717, 1.165) is 19.3 Å². The molecule has 0 amide bonds. The van der Waals surface area contributed by atoms with Crippen molar-refractivity contribution in [3.05, 3.63) is 29.8 Å². The lowest BCUT2D eigenvalue weighted by Crippen LogP contribution is -2.35. The largest absolute Gasteiger partial charge is 0.244 e. The van der Waals surface area contributed by atoms with E-state index in [1.165, 1.54) is 16.4 Å². The fourth-order valence-electron chi connectivity index (χ4n) is 2.03. The average Bonchev–Trinajstić information content (AvgIpc) is 2.39. The number of nitriles is 1. The smallest absolute Gasteiger partial charge is 0.207 e. The van der Waals surface area contributed by atoms with Gasteiger partial charge >= 0.3 is 0 Å². The van der Waals surface area contributed by atoms with Crippen molar-refractivity contribution in [1.29, 1.82) is 5.26 Å². The van der Waals surface area contributed by atoms with E-state index in [0.29, 0.717) is 13.1 Å². The summed E-state index contributed by atoms with van der Waals surface area (Å²) in [6.07, 6.45) is 2.87. The van der Waals surface area contributed by atoms with Crippen molar-refractivity contribution in [2.45, 2.75) is 24.2 Å². The van der Waals surface area contributed by atoms with Crippen LogP contribution < -0.4 is 0 Å². The van der Waals surface area contributed by atoms with Crippen molar-refractivity contribution in [2.75, 3.05) is 13.1 Å². The van der Waals surface area contributed by atoms with Crippen LogP contribution in [0, 0.1) is 11.3 Å². The van der Waals surface area contributed by atoms with E-state index in [4.69, 9.17) is 5.26 Å². The molecular weight excluding hydrogens is 236 g/mol. The second-order valence-corrected chi connectivity index (χ2v) is 5.98. The highest BCUT2D eigenvalue weighted by atomic mass is 32.2. The highest BCUT2D eigenvalue weighted by Crippen LogP contribution is 2.22. The molecule has 1 aliphatic rings. The number of nitrogens with zero attached hydrogens (tertiary/aromatic N) is 2. The maximum absolute atomic E-state index is 12.3. The molecule has 0 aliphatic carbocycles. The van der Waals surface area contributed by atoms with Crippen molar-refractivity contribution in [3.63, 3.8) is 0 Å². The van der Waals surface area contributed by atoms with Gasteiger partial charge in [-0.1, -0.05) is 18.6 Å². The van der Waals surface area contributed by atoms with Gasteiger partial charge in [-0.05, 0) is 25.0 Å². The molecule has 5 heteroatoms. The van der Waals surface area contributed by atoms with Crippen LogP contribution in [0.1, 0.15) is 24.8 Å². The fourth-order valence-corrected chi connectivity index (χ4v) is 3.69. The summed E-state index contributed by atoms with van der Waals surface area (Å²) < 4.78 is 26.2. The summed E-state index contributed by atoms with van der Waals surface area (Å²) in [5, 5.41) is 8.95. The summed E-state index contributed by atoms with van der Waals surface area (Å²) in [6.45, 7) is 1.12. The number of sulfonamides is 1. The van der Waals surface area contributed by atoms with Gasteiger partial charge in [0.2, 0.25) is 10.0 Å². The van der Waals surface area contributed by atoms with Crippen LogP contribution in [0.25, 0.3) is 0 Å². The normalized spacial score (nSPS) is 17.6. The maximum atomic E-state index is 12.3. The van der Waals surface area contributed by atoms with Crippen LogP contribution in [0.3, 0.4) is 0 Å². The van der Waals surface area contributed by atoms with Crippen LogP contribution in [0.15, 0.2) is 29.2 Å². The lowest BCUT2D eigenvalue weighted by atomic mass is 10.2. The zero-order chi connectivity index (χ0) is 12.3. The summed E-state index contributed by atoms with van der Waals surface area (Å²) in [7, 11) is -3.49. The van der Waals surface area contributed by atoms with Crippen LogP contribution in [0.4, 0.5) is 0 Å². The molecule has 1 aromatic rings. The summed E-state index contributed by atoms with van der Waals surface area (Å²) in [5.41, 5.74) is 0.220. The molecule has 1 aliphatic heterocycles. The molecule has 1 saturated heterocycles. The molecule has 1 heterocycles. The van der Waals surface area contributed by atoms with E-state index in [2.05, 4.69) is 0 Å². The first kappa shape index (κ1) is 12.1. The summed E-state index contributed by atoms with van der Waals surface area (Å²) in [4.78, 5) is 0.129. The predicted octanol–water partition coefficient (Wildman–Crippen LogP) is 1.73. The molecule has 0 unspecified atom stereocenters. The maximum Gasteiger partial charge on any atom is 0.244 e. The van der Waals surface area contributed by atoms with Gasteiger partial charge in [-0.25, -0.2) is 8.42 Å². The Morgan fingerprint density at radius 1 is 1.12 bits per heavy atom. The fraction of sp³-hybridized carbons (Fsp3) is 0.417. The highest BCUT2D eigenvalue weighted by molar-refractivity contribution is 7.89. The molecule has 4 nitrogen and oxygen atoms in total. The summed E-state index contributed by atoms with van der Waals surface area (Å²) in [5.74, 6) is 0. The monoisotopic (exact) mass is 250 g/mol. The van der Waals surface area contributed by atoms with Gasteiger partial charge in [0, 0.05) is 13.1 Å². The molecule has 2 rings (SSSR count). The molecule has 17 heavy (non-hydrogen) atoms. The van der Waals surface area contributed by atoms with Crippen LogP contribution in [0.5, 0.6) is 0 Å². The minimum atomic E-state index is -3.49. The average molecular weight is 250 g/mol. The Kier molecular flexibility index (Phi) is 3.46. The Bertz CT molecular complexity index is 540. The zero-order valence-electron chi connectivity index (χ0n) is 9.46. The van der Waals surface area contributed by atoms with Crippen LogP contribution >= 0.6 is 0 Å². The van der Waals surface area contributed by atoms with E-state index in [9.17, 15) is 8.42 Å².